The van der Waals surface area contributed by atoms with E-state index in [-0.39, 0.29) is 0 Å². The predicted molar refractivity (Wildman–Crippen MR) is 75.5 cm³/mol. The number of halogens is 2. The molecule has 2 rings (SSSR count). The monoisotopic (exact) mass is 294 g/mol. The Morgan fingerprint density at radius 3 is 2.29 bits per heavy atom. The smallest absolute Gasteiger partial charge is 0.331 e. The second-order valence-electron chi connectivity index (χ2n) is 3.93. The van der Waals surface area contributed by atoms with Gasteiger partial charge in [0.05, 0.1) is 6.61 Å². The van der Waals surface area contributed by atoms with E-state index >= 15 is 0 Å². The SMILES string of the molecule is CCOC(=O)CO.Fc1cccc(-c2ccccc2)c1F. The lowest BCUT2D eigenvalue weighted by molar-refractivity contribution is -0.146. The highest BCUT2D eigenvalue weighted by molar-refractivity contribution is 5.70. The van der Waals surface area contributed by atoms with Crippen LogP contribution < -0.4 is 0 Å². The molecular formula is C16H16F2O3. The van der Waals surface area contributed by atoms with Gasteiger partial charge in [0.2, 0.25) is 0 Å². The Morgan fingerprint density at radius 1 is 1.10 bits per heavy atom. The van der Waals surface area contributed by atoms with Crippen LogP contribution in [0.5, 0.6) is 0 Å². The molecule has 0 aromatic heterocycles. The molecule has 3 nitrogen and oxygen atoms in total. The Labute approximate surface area is 121 Å². The molecular weight excluding hydrogens is 278 g/mol. The van der Waals surface area contributed by atoms with Crippen molar-refractivity contribution in [2.24, 2.45) is 0 Å². The van der Waals surface area contributed by atoms with Crippen LogP contribution in [0.3, 0.4) is 0 Å². The van der Waals surface area contributed by atoms with Gasteiger partial charge in [-0.25, -0.2) is 13.6 Å². The summed E-state index contributed by atoms with van der Waals surface area (Å²) in [7, 11) is 0. The molecule has 0 aliphatic rings. The summed E-state index contributed by atoms with van der Waals surface area (Å²) in [6, 6.07) is 13.1. The van der Waals surface area contributed by atoms with Crippen LogP contribution in [-0.4, -0.2) is 24.3 Å². The van der Waals surface area contributed by atoms with Crippen molar-refractivity contribution in [1.29, 1.82) is 0 Å². The molecule has 1 N–H and O–H groups in total. The van der Waals surface area contributed by atoms with E-state index in [1.807, 2.05) is 6.07 Å². The molecule has 0 radical (unpaired) electrons. The summed E-state index contributed by atoms with van der Waals surface area (Å²) in [6.07, 6.45) is 0. The number of aliphatic hydroxyl groups excluding tert-OH is 1. The maximum atomic E-state index is 13.3. The zero-order valence-corrected chi connectivity index (χ0v) is 11.6. The molecule has 0 bridgehead atoms. The average Bonchev–Trinajstić information content (AvgIpc) is 2.52. The first-order chi connectivity index (χ1) is 10.1. The molecule has 0 saturated heterocycles. The van der Waals surface area contributed by atoms with Gasteiger partial charge in [0.1, 0.15) is 6.61 Å². The number of aliphatic hydroxyl groups is 1. The number of carbonyl (C=O) groups excluding carboxylic acids is 1. The van der Waals surface area contributed by atoms with Crippen molar-refractivity contribution >= 4 is 5.97 Å². The van der Waals surface area contributed by atoms with E-state index in [4.69, 9.17) is 5.11 Å². The maximum absolute atomic E-state index is 13.3. The molecule has 0 aliphatic carbocycles. The van der Waals surface area contributed by atoms with Crippen LogP contribution in [0.4, 0.5) is 8.78 Å². The first kappa shape index (κ1) is 16.8. The van der Waals surface area contributed by atoms with Crippen molar-refractivity contribution in [3.05, 3.63) is 60.2 Å². The van der Waals surface area contributed by atoms with Crippen molar-refractivity contribution in [3.8, 4) is 11.1 Å². The first-order valence-electron chi connectivity index (χ1n) is 6.36. The van der Waals surface area contributed by atoms with Crippen LogP contribution in [0.15, 0.2) is 48.5 Å². The zero-order valence-electron chi connectivity index (χ0n) is 11.6. The van der Waals surface area contributed by atoms with Gasteiger partial charge in [-0.1, -0.05) is 42.5 Å². The fourth-order valence-corrected chi connectivity index (χ4v) is 1.55. The van der Waals surface area contributed by atoms with E-state index in [2.05, 4.69) is 4.74 Å². The molecule has 5 heteroatoms. The number of rotatable bonds is 3. The minimum Gasteiger partial charge on any atom is -0.464 e. The molecule has 112 valence electrons. The lowest BCUT2D eigenvalue weighted by Crippen LogP contribution is -2.07. The van der Waals surface area contributed by atoms with Crippen LogP contribution in [0, 0.1) is 11.6 Å². The quantitative estimate of drug-likeness (QED) is 0.884. The van der Waals surface area contributed by atoms with Crippen molar-refractivity contribution in [3.63, 3.8) is 0 Å². The second-order valence-corrected chi connectivity index (χ2v) is 3.93. The summed E-state index contributed by atoms with van der Waals surface area (Å²) < 4.78 is 30.5. The minimum atomic E-state index is -0.814. The summed E-state index contributed by atoms with van der Waals surface area (Å²) in [4.78, 5) is 9.94. The fraction of sp³-hybridized carbons (Fsp3) is 0.188. The highest BCUT2D eigenvalue weighted by atomic mass is 19.2. The van der Waals surface area contributed by atoms with E-state index in [1.165, 1.54) is 6.07 Å². The Kier molecular flexibility index (Phi) is 7.04. The molecule has 0 heterocycles. The van der Waals surface area contributed by atoms with Gasteiger partial charge in [-0.3, -0.25) is 0 Å². The van der Waals surface area contributed by atoms with Crippen LogP contribution in [0.1, 0.15) is 6.92 Å². The molecule has 0 amide bonds. The van der Waals surface area contributed by atoms with Crippen molar-refractivity contribution < 1.29 is 23.4 Å². The van der Waals surface area contributed by atoms with Crippen LogP contribution in [-0.2, 0) is 9.53 Å². The number of benzene rings is 2. The summed E-state index contributed by atoms with van der Waals surface area (Å²) >= 11 is 0. The van der Waals surface area contributed by atoms with Gasteiger partial charge in [-0.2, -0.15) is 0 Å². The first-order valence-corrected chi connectivity index (χ1v) is 6.36. The molecule has 0 atom stereocenters. The minimum absolute atomic E-state index is 0.297. The van der Waals surface area contributed by atoms with E-state index in [9.17, 15) is 13.6 Å². The number of carbonyl (C=O) groups is 1. The Bertz CT molecular complexity index is 571. The Balaban J connectivity index is 0.000000270. The fourth-order valence-electron chi connectivity index (χ4n) is 1.55. The molecule has 0 spiro atoms. The van der Waals surface area contributed by atoms with Crippen LogP contribution in [0.2, 0.25) is 0 Å². The number of ether oxygens (including phenoxy) is 1. The molecule has 2 aromatic carbocycles. The van der Waals surface area contributed by atoms with Gasteiger partial charge < -0.3 is 9.84 Å². The molecule has 0 saturated carbocycles. The summed E-state index contributed by atoms with van der Waals surface area (Å²) in [5, 5.41) is 7.99. The molecule has 0 unspecified atom stereocenters. The van der Waals surface area contributed by atoms with E-state index in [1.54, 1.807) is 37.3 Å². The van der Waals surface area contributed by atoms with Gasteiger partial charge >= 0.3 is 5.97 Å². The normalized spacial score (nSPS) is 9.52. The van der Waals surface area contributed by atoms with Crippen molar-refractivity contribution in [2.45, 2.75) is 6.92 Å². The third kappa shape index (κ3) is 5.31. The van der Waals surface area contributed by atoms with Crippen molar-refractivity contribution in [1.82, 2.24) is 0 Å². The lowest BCUT2D eigenvalue weighted by Gasteiger charge is -2.02. The number of esters is 1. The average molecular weight is 294 g/mol. The van der Waals surface area contributed by atoms with Crippen LogP contribution in [0.25, 0.3) is 11.1 Å². The zero-order chi connectivity index (χ0) is 15.7. The highest BCUT2D eigenvalue weighted by Crippen LogP contribution is 2.23. The van der Waals surface area contributed by atoms with Crippen LogP contribution >= 0.6 is 0 Å². The largest absolute Gasteiger partial charge is 0.464 e. The van der Waals surface area contributed by atoms with E-state index < -0.39 is 24.2 Å². The summed E-state index contributed by atoms with van der Waals surface area (Å²) in [5.41, 5.74) is 0.982. The summed E-state index contributed by atoms with van der Waals surface area (Å²) in [6.45, 7) is 1.50. The van der Waals surface area contributed by atoms with Gasteiger partial charge in [-0.05, 0) is 18.6 Å². The maximum Gasteiger partial charge on any atom is 0.331 e. The van der Waals surface area contributed by atoms with Crippen molar-refractivity contribution in [2.75, 3.05) is 13.2 Å². The van der Waals surface area contributed by atoms with E-state index in [0.29, 0.717) is 17.7 Å². The van der Waals surface area contributed by atoms with Gasteiger partial charge in [0, 0.05) is 5.56 Å². The predicted octanol–water partition coefficient (Wildman–Crippen LogP) is 3.17. The second kappa shape index (κ2) is 8.81. The number of hydrogen-bond donors (Lipinski definition) is 1. The third-order valence-electron chi connectivity index (χ3n) is 2.47. The third-order valence-corrected chi connectivity index (χ3v) is 2.47. The van der Waals surface area contributed by atoms with Gasteiger partial charge in [-0.15, -0.1) is 0 Å². The summed E-state index contributed by atoms with van der Waals surface area (Å²) in [5.74, 6) is -2.17. The standard InChI is InChI=1S/C12H8F2.C4H8O3/c13-11-8-4-7-10(12(11)14)9-5-2-1-3-6-9;1-2-7-4(6)3-5/h1-8H;5H,2-3H2,1H3. The Morgan fingerprint density at radius 2 is 1.76 bits per heavy atom. The number of hydrogen-bond acceptors (Lipinski definition) is 3. The lowest BCUT2D eigenvalue weighted by atomic mass is 10.1. The molecule has 0 fully saturated rings. The Hall–Kier alpha value is -2.27. The molecule has 2 aromatic rings. The highest BCUT2D eigenvalue weighted by Gasteiger charge is 2.08. The molecule has 21 heavy (non-hydrogen) atoms. The molecule has 0 aliphatic heterocycles. The topological polar surface area (TPSA) is 46.5 Å². The van der Waals surface area contributed by atoms with Gasteiger partial charge in [0.25, 0.3) is 0 Å². The van der Waals surface area contributed by atoms with E-state index in [0.717, 1.165) is 6.07 Å². The van der Waals surface area contributed by atoms with Gasteiger partial charge in [0.15, 0.2) is 11.6 Å².